The molecule has 0 spiro atoms. The van der Waals surface area contributed by atoms with Crippen molar-refractivity contribution in [2.75, 3.05) is 11.9 Å². The van der Waals surface area contributed by atoms with E-state index in [0.29, 0.717) is 0 Å². The Hall–Kier alpha value is -1.35. The highest BCUT2D eigenvalue weighted by atomic mass is 16.2. The van der Waals surface area contributed by atoms with Crippen molar-refractivity contribution in [3.8, 4) is 0 Å². The summed E-state index contributed by atoms with van der Waals surface area (Å²) < 4.78 is 0. The molecule has 0 aliphatic carbocycles. The normalized spacial score (nSPS) is 13.3. The minimum Gasteiger partial charge on any atom is -0.319 e. The second-order valence-corrected chi connectivity index (χ2v) is 5.08. The topological polar surface area (TPSA) is 46.3 Å². The Morgan fingerprint density at radius 3 is 2.19 bits per heavy atom. The van der Waals surface area contributed by atoms with E-state index >= 15 is 0 Å². The van der Waals surface area contributed by atoms with Crippen LogP contribution in [0.3, 0.4) is 0 Å². The zero-order valence-electron chi connectivity index (χ0n) is 10.4. The number of amides is 1. The zero-order chi connectivity index (χ0) is 12.3. The number of nitrogens with two attached hydrogens (primary N) is 1. The number of hydrogen-bond donors (Lipinski definition) is 1. The SMILES string of the molecule is CN(C(=O)C(N)C(C)(C)C)c1ccccc1. The van der Waals surface area contributed by atoms with Crippen molar-refractivity contribution in [1.82, 2.24) is 0 Å². The molecule has 88 valence electrons. The van der Waals surface area contributed by atoms with E-state index in [1.54, 1.807) is 11.9 Å². The molecule has 1 unspecified atom stereocenters. The molecule has 1 aromatic rings. The van der Waals surface area contributed by atoms with Crippen LogP contribution in [0.2, 0.25) is 0 Å². The van der Waals surface area contributed by atoms with Gasteiger partial charge in [0.1, 0.15) is 0 Å². The average molecular weight is 220 g/mol. The molecule has 0 heterocycles. The first-order chi connectivity index (χ1) is 7.34. The number of nitrogens with zero attached hydrogens (tertiary/aromatic N) is 1. The first-order valence-electron chi connectivity index (χ1n) is 5.42. The number of hydrogen-bond acceptors (Lipinski definition) is 2. The van der Waals surface area contributed by atoms with Gasteiger partial charge in [0.15, 0.2) is 0 Å². The molecule has 0 aromatic heterocycles. The molecule has 1 aromatic carbocycles. The molecule has 3 heteroatoms. The van der Waals surface area contributed by atoms with Crippen molar-refractivity contribution in [1.29, 1.82) is 0 Å². The molecule has 1 rings (SSSR count). The fraction of sp³-hybridized carbons (Fsp3) is 0.462. The van der Waals surface area contributed by atoms with Gasteiger partial charge in [0.25, 0.3) is 0 Å². The van der Waals surface area contributed by atoms with Gasteiger partial charge in [-0.1, -0.05) is 39.0 Å². The van der Waals surface area contributed by atoms with Crippen LogP contribution in [-0.4, -0.2) is 19.0 Å². The van der Waals surface area contributed by atoms with Crippen LogP contribution in [0.25, 0.3) is 0 Å². The second kappa shape index (κ2) is 4.66. The number of rotatable bonds is 2. The summed E-state index contributed by atoms with van der Waals surface area (Å²) in [5.74, 6) is -0.0568. The minimum atomic E-state index is -0.488. The lowest BCUT2D eigenvalue weighted by molar-refractivity contribution is -0.121. The van der Waals surface area contributed by atoms with E-state index in [1.165, 1.54) is 0 Å². The Balaban J connectivity index is 2.84. The quantitative estimate of drug-likeness (QED) is 0.829. The van der Waals surface area contributed by atoms with Gasteiger partial charge in [0, 0.05) is 12.7 Å². The number of carbonyl (C=O) groups is 1. The Kier molecular flexibility index (Phi) is 3.70. The highest BCUT2D eigenvalue weighted by Gasteiger charge is 2.30. The molecule has 1 atom stereocenters. The Morgan fingerprint density at radius 1 is 1.25 bits per heavy atom. The molecule has 3 nitrogen and oxygen atoms in total. The van der Waals surface area contributed by atoms with Crippen LogP contribution in [0.1, 0.15) is 20.8 Å². The first kappa shape index (κ1) is 12.7. The lowest BCUT2D eigenvalue weighted by Crippen LogP contribution is -2.49. The van der Waals surface area contributed by atoms with Crippen LogP contribution in [0.15, 0.2) is 30.3 Å². The summed E-state index contributed by atoms with van der Waals surface area (Å²) in [7, 11) is 1.75. The monoisotopic (exact) mass is 220 g/mol. The van der Waals surface area contributed by atoms with Crippen LogP contribution >= 0.6 is 0 Å². The van der Waals surface area contributed by atoms with Crippen LogP contribution in [0, 0.1) is 5.41 Å². The number of likely N-dealkylation sites (N-methyl/N-ethyl adjacent to an activating group) is 1. The predicted molar refractivity (Wildman–Crippen MR) is 67.3 cm³/mol. The third kappa shape index (κ3) is 2.83. The van der Waals surface area contributed by atoms with Crippen molar-refractivity contribution in [3.05, 3.63) is 30.3 Å². The van der Waals surface area contributed by atoms with E-state index in [2.05, 4.69) is 0 Å². The van der Waals surface area contributed by atoms with Gasteiger partial charge in [0.05, 0.1) is 6.04 Å². The smallest absolute Gasteiger partial charge is 0.244 e. The lowest BCUT2D eigenvalue weighted by atomic mass is 9.86. The van der Waals surface area contributed by atoms with Crippen LogP contribution in [0.5, 0.6) is 0 Å². The molecule has 16 heavy (non-hydrogen) atoms. The molecule has 0 fully saturated rings. The molecule has 0 saturated heterocycles. The maximum absolute atomic E-state index is 12.1. The molecular formula is C13H20N2O. The molecule has 1 amide bonds. The van der Waals surface area contributed by atoms with Crippen LogP contribution in [-0.2, 0) is 4.79 Å². The zero-order valence-corrected chi connectivity index (χ0v) is 10.4. The minimum absolute atomic E-state index is 0.0568. The summed E-state index contributed by atoms with van der Waals surface area (Å²) in [4.78, 5) is 13.7. The van der Waals surface area contributed by atoms with E-state index in [4.69, 9.17) is 5.73 Å². The molecule has 2 N–H and O–H groups in total. The third-order valence-electron chi connectivity index (χ3n) is 2.67. The highest BCUT2D eigenvalue weighted by Crippen LogP contribution is 2.21. The van der Waals surface area contributed by atoms with Gasteiger partial charge in [-0.25, -0.2) is 0 Å². The predicted octanol–water partition coefficient (Wildman–Crippen LogP) is 2.02. The van der Waals surface area contributed by atoms with Gasteiger partial charge >= 0.3 is 0 Å². The van der Waals surface area contributed by atoms with Crippen LogP contribution < -0.4 is 10.6 Å². The average Bonchev–Trinajstić information content (AvgIpc) is 2.26. The summed E-state index contributed by atoms with van der Waals surface area (Å²) in [6, 6.07) is 9.04. The first-order valence-corrected chi connectivity index (χ1v) is 5.42. The highest BCUT2D eigenvalue weighted by molar-refractivity contribution is 5.97. The number of carbonyl (C=O) groups excluding carboxylic acids is 1. The number of anilines is 1. The Labute approximate surface area is 97.2 Å². The standard InChI is InChI=1S/C13H20N2O/c1-13(2,3)11(14)12(16)15(4)10-8-6-5-7-9-10/h5-9,11H,14H2,1-4H3. The van der Waals surface area contributed by atoms with Crippen LogP contribution in [0.4, 0.5) is 5.69 Å². The fourth-order valence-corrected chi connectivity index (χ4v) is 1.36. The van der Waals surface area contributed by atoms with E-state index in [9.17, 15) is 4.79 Å². The molecule has 0 radical (unpaired) electrons. The molecule has 0 aliphatic rings. The molecule has 0 bridgehead atoms. The van der Waals surface area contributed by atoms with E-state index < -0.39 is 6.04 Å². The number of benzene rings is 1. The fourth-order valence-electron chi connectivity index (χ4n) is 1.36. The summed E-state index contributed by atoms with van der Waals surface area (Å²) >= 11 is 0. The summed E-state index contributed by atoms with van der Waals surface area (Å²) in [6.07, 6.45) is 0. The van der Waals surface area contributed by atoms with Gasteiger partial charge in [0.2, 0.25) is 5.91 Å². The van der Waals surface area contributed by atoms with Crippen molar-refractivity contribution in [2.24, 2.45) is 11.1 Å². The summed E-state index contributed by atoms with van der Waals surface area (Å²) in [5.41, 5.74) is 6.59. The van der Waals surface area contributed by atoms with E-state index in [0.717, 1.165) is 5.69 Å². The molecule has 0 saturated carbocycles. The van der Waals surface area contributed by atoms with Gasteiger partial charge in [-0.15, -0.1) is 0 Å². The maximum Gasteiger partial charge on any atom is 0.244 e. The third-order valence-corrected chi connectivity index (χ3v) is 2.67. The second-order valence-electron chi connectivity index (χ2n) is 5.08. The maximum atomic E-state index is 12.1. The molecular weight excluding hydrogens is 200 g/mol. The van der Waals surface area contributed by atoms with Gasteiger partial charge in [-0.3, -0.25) is 4.79 Å². The van der Waals surface area contributed by atoms with Gasteiger partial charge in [-0.05, 0) is 17.5 Å². The van der Waals surface area contributed by atoms with E-state index in [1.807, 2.05) is 51.1 Å². The van der Waals surface area contributed by atoms with Crippen molar-refractivity contribution in [3.63, 3.8) is 0 Å². The molecule has 0 aliphatic heterocycles. The summed E-state index contributed by atoms with van der Waals surface area (Å²) in [5, 5.41) is 0. The van der Waals surface area contributed by atoms with Gasteiger partial charge in [-0.2, -0.15) is 0 Å². The van der Waals surface area contributed by atoms with Gasteiger partial charge < -0.3 is 10.6 Å². The van der Waals surface area contributed by atoms with Crippen molar-refractivity contribution < 1.29 is 4.79 Å². The van der Waals surface area contributed by atoms with E-state index in [-0.39, 0.29) is 11.3 Å². The summed E-state index contributed by atoms with van der Waals surface area (Å²) in [6.45, 7) is 5.90. The lowest BCUT2D eigenvalue weighted by Gasteiger charge is -2.30. The largest absolute Gasteiger partial charge is 0.319 e. The van der Waals surface area contributed by atoms with Crippen molar-refractivity contribution >= 4 is 11.6 Å². The Bertz CT molecular complexity index is 354. The number of para-hydroxylation sites is 1. The van der Waals surface area contributed by atoms with Crippen molar-refractivity contribution in [2.45, 2.75) is 26.8 Å². The Morgan fingerprint density at radius 2 is 1.75 bits per heavy atom.